The molecule has 1 fully saturated rings. The van der Waals surface area contributed by atoms with Crippen LogP contribution in [0.15, 0.2) is 27.6 Å². The maximum absolute atomic E-state index is 12.6. The summed E-state index contributed by atoms with van der Waals surface area (Å²) in [5.41, 5.74) is 0.927. The van der Waals surface area contributed by atoms with Crippen molar-refractivity contribution < 1.29 is 13.2 Å². The lowest BCUT2D eigenvalue weighted by atomic mass is 10.2. The minimum atomic E-state index is -3.56. The van der Waals surface area contributed by atoms with Crippen LogP contribution in [0.1, 0.15) is 24.8 Å². The molecule has 21 heavy (non-hydrogen) atoms. The van der Waals surface area contributed by atoms with E-state index in [1.54, 1.807) is 19.2 Å². The van der Waals surface area contributed by atoms with Crippen LogP contribution in [0, 0.1) is 0 Å². The highest BCUT2D eigenvalue weighted by Gasteiger charge is 2.32. The van der Waals surface area contributed by atoms with E-state index in [1.165, 1.54) is 0 Å². The standard InChI is InChI=1S/C14H21BrN2O3S/c1-16-9-10-6-7-11(15)14(8-10)21(18,19)17-12-4-3-5-13(12)20-2/h6-8,12-13,16-17H,3-5,9H2,1-2H3. The van der Waals surface area contributed by atoms with Gasteiger partial charge in [0.15, 0.2) is 0 Å². The van der Waals surface area contributed by atoms with Gasteiger partial charge in [-0.15, -0.1) is 0 Å². The molecule has 1 aromatic carbocycles. The van der Waals surface area contributed by atoms with E-state index in [-0.39, 0.29) is 17.0 Å². The second-order valence-electron chi connectivity index (χ2n) is 5.23. The van der Waals surface area contributed by atoms with Gasteiger partial charge in [-0.2, -0.15) is 0 Å². The van der Waals surface area contributed by atoms with Crippen LogP contribution in [0.4, 0.5) is 0 Å². The van der Waals surface area contributed by atoms with Gasteiger partial charge in [0, 0.05) is 24.2 Å². The van der Waals surface area contributed by atoms with Gasteiger partial charge in [0.2, 0.25) is 10.0 Å². The van der Waals surface area contributed by atoms with Crippen molar-refractivity contribution in [1.82, 2.24) is 10.0 Å². The SMILES string of the molecule is CNCc1ccc(Br)c(S(=O)(=O)NC2CCCC2OC)c1. The van der Waals surface area contributed by atoms with E-state index in [1.807, 2.05) is 13.1 Å². The summed E-state index contributed by atoms with van der Waals surface area (Å²) in [5, 5.41) is 3.02. The summed E-state index contributed by atoms with van der Waals surface area (Å²) in [6.07, 6.45) is 2.64. The van der Waals surface area contributed by atoms with Gasteiger partial charge in [0.1, 0.15) is 0 Å². The summed E-state index contributed by atoms with van der Waals surface area (Å²) in [6.45, 7) is 0.625. The van der Waals surface area contributed by atoms with Gasteiger partial charge in [0.05, 0.1) is 11.0 Å². The van der Waals surface area contributed by atoms with Gasteiger partial charge in [0.25, 0.3) is 0 Å². The summed E-state index contributed by atoms with van der Waals surface area (Å²) < 4.78 is 33.9. The molecule has 0 amide bonds. The van der Waals surface area contributed by atoms with Crippen molar-refractivity contribution in [3.63, 3.8) is 0 Å². The predicted molar refractivity (Wildman–Crippen MR) is 85.7 cm³/mol. The summed E-state index contributed by atoms with van der Waals surface area (Å²) in [5.74, 6) is 0. The molecule has 2 rings (SSSR count). The van der Waals surface area contributed by atoms with Crippen LogP contribution in [0.25, 0.3) is 0 Å². The first-order valence-corrected chi connectivity index (χ1v) is 9.23. The summed E-state index contributed by atoms with van der Waals surface area (Å²) in [7, 11) is -0.108. The Balaban J connectivity index is 2.24. The van der Waals surface area contributed by atoms with Gasteiger partial charge in [-0.25, -0.2) is 13.1 Å². The predicted octanol–water partition coefficient (Wildman–Crippen LogP) is 2.01. The zero-order valence-electron chi connectivity index (χ0n) is 12.2. The number of halogens is 1. The number of ether oxygens (including phenoxy) is 1. The molecular formula is C14H21BrN2O3S. The Kier molecular flexibility index (Phi) is 5.79. The Hall–Kier alpha value is -0.470. The molecule has 2 unspecified atom stereocenters. The Morgan fingerprint density at radius 1 is 1.38 bits per heavy atom. The number of benzene rings is 1. The number of nitrogens with one attached hydrogen (secondary N) is 2. The number of hydrogen-bond donors (Lipinski definition) is 2. The number of methoxy groups -OCH3 is 1. The minimum Gasteiger partial charge on any atom is -0.380 e. The second-order valence-corrected chi connectivity index (χ2v) is 7.76. The fourth-order valence-electron chi connectivity index (χ4n) is 2.67. The normalized spacial score (nSPS) is 22.6. The molecule has 0 spiro atoms. The zero-order chi connectivity index (χ0) is 15.5. The lowest BCUT2D eigenvalue weighted by molar-refractivity contribution is 0.0916. The van der Waals surface area contributed by atoms with E-state index >= 15 is 0 Å². The molecule has 5 nitrogen and oxygen atoms in total. The molecular weight excluding hydrogens is 356 g/mol. The Labute approximate surface area is 134 Å². The van der Waals surface area contributed by atoms with Gasteiger partial charge in [-0.3, -0.25) is 0 Å². The first-order valence-electron chi connectivity index (χ1n) is 6.96. The average Bonchev–Trinajstić information content (AvgIpc) is 2.87. The van der Waals surface area contributed by atoms with Crippen LogP contribution in [0.2, 0.25) is 0 Å². The van der Waals surface area contributed by atoms with Crippen LogP contribution < -0.4 is 10.0 Å². The first-order chi connectivity index (χ1) is 9.97. The smallest absolute Gasteiger partial charge is 0.242 e. The van der Waals surface area contributed by atoms with Crippen LogP contribution in [0.5, 0.6) is 0 Å². The van der Waals surface area contributed by atoms with E-state index in [2.05, 4.69) is 26.0 Å². The fraction of sp³-hybridized carbons (Fsp3) is 0.571. The molecule has 1 aliphatic rings. The largest absolute Gasteiger partial charge is 0.380 e. The molecule has 1 aromatic rings. The third-order valence-electron chi connectivity index (χ3n) is 3.73. The first kappa shape index (κ1) is 16.9. The Morgan fingerprint density at radius 2 is 2.14 bits per heavy atom. The van der Waals surface area contributed by atoms with Gasteiger partial charge >= 0.3 is 0 Å². The van der Waals surface area contributed by atoms with Crippen LogP contribution in [-0.4, -0.2) is 34.7 Å². The highest BCUT2D eigenvalue weighted by Crippen LogP contribution is 2.27. The van der Waals surface area contributed by atoms with Gasteiger partial charge in [-0.1, -0.05) is 6.07 Å². The van der Waals surface area contributed by atoms with Crippen LogP contribution >= 0.6 is 15.9 Å². The van der Waals surface area contributed by atoms with E-state index in [0.29, 0.717) is 11.0 Å². The van der Waals surface area contributed by atoms with Gasteiger partial charge in [-0.05, 0) is 59.9 Å². The Bertz CT molecular complexity index is 592. The van der Waals surface area contributed by atoms with Crippen molar-refractivity contribution in [3.05, 3.63) is 28.2 Å². The van der Waals surface area contributed by atoms with Crippen molar-refractivity contribution in [3.8, 4) is 0 Å². The third-order valence-corrected chi connectivity index (χ3v) is 6.21. The summed E-state index contributed by atoms with van der Waals surface area (Å²) in [4.78, 5) is 0.275. The third kappa shape index (κ3) is 4.04. The second kappa shape index (κ2) is 7.19. The van der Waals surface area contributed by atoms with Crippen LogP contribution in [0.3, 0.4) is 0 Å². The molecule has 0 bridgehead atoms. The van der Waals surface area contributed by atoms with Crippen molar-refractivity contribution >= 4 is 26.0 Å². The molecule has 0 saturated heterocycles. The highest BCUT2D eigenvalue weighted by atomic mass is 79.9. The molecule has 1 aliphatic carbocycles. The number of sulfonamides is 1. The lowest BCUT2D eigenvalue weighted by Gasteiger charge is -2.20. The van der Waals surface area contributed by atoms with E-state index in [4.69, 9.17) is 4.74 Å². The molecule has 7 heteroatoms. The van der Waals surface area contributed by atoms with E-state index in [9.17, 15) is 8.42 Å². The highest BCUT2D eigenvalue weighted by molar-refractivity contribution is 9.10. The molecule has 118 valence electrons. The molecule has 0 aromatic heterocycles. The van der Waals surface area contributed by atoms with Crippen molar-refractivity contribution in [2.45, 2.75) is 42.8 Å². The summed E-state index contributed by atoms with van der Waals surface area (Å²) >= 11 is 3.33. The fourth-order valence-corrected chi connectivity index (χ4v) is 4.99. The van der Waals surface area contributed by atoms with Crippen LogP contribution in [-0.2, 0) is 21.3 Å². The van der Waals surface area contributed by atoms with Gasteiger partial charge < -0.3 is 10.1 Å². The number of rotatable bonds is 6. The quantitative estimate of drug-likeness (QED) is 0.796. The van der Waals surface area contributed by atoms with Crippen molar-refractivity contribution in [1.29, 1.82) is 0 Å². The zero-order valence-corrected chi connectivity index (χ0v) is 14.6. The maximum Gasteiger partial charge on any atom is 0.242 e. The average molecular weight is 377 g/mol. The van der Waals surface area contributed by atoms with Crippen molar-refractivity contribution in [2.75, 3.05) is 14.2 Å². The molecule has 0 radical (unpaired) electrons. The topological polar surface area (TPSA) is 67.4 Å². The molecule has 2 atom stereocenters. The Morgan fingerprint density at radius 3 is 2.81 bits per heavy atom. The number of hydrogen-bond acceptors (Lipinski definition) is 4. The van der Waals surface area contributed by atoms with E-state index < -0.39 is 10.0 Å². The maximum atomic E-state index is 12.6. The molecule has 0 heterocycles. The molecule has 0 aliphatic heterocycles. The molecule has 1 saturated carbocycles. The monoisotopic (exact) mass is 376 g/mol. The lowest BCUT2D eigenvalue weighted by Crippen LogP contribution is -2.40. The van der Waals surface area contributed by atoms with E-state index in [0.717, 1.165) is 24.8 Å². The molecule has 2 N–H and O–H groups in total. The minimum absolute atomic E-state index is 0.0426. The summed E-state index contributed by atoms with van der Waals surface area (Å²) in [6, 6.07) is 5.20. The van der Waals surface area contributed by atoms with Crippen molar-refractivity contribution in [2.24, 2.45) is 0 Å².